The first kappa shape index (κ1) is 19.1. The molecule has 144 valence electrons. The molecular weight excluding hydrogens is 360 g/mol. The second kappa shape index (κ2) is 7.91. The number of anilines is 1. The van der Waals surface area contributed by atoms with Crippen molar-refractivity contribution in [2.24, 2.45) is 7.05 Å². The summed E-state index contributed by atoms with van der Waals surface area (Å²) < 4.78 is 5.72. The van der Waals surface area contributed by atoms with Crippen molar-refractivity contribution in [2.45, 2.75) is 46.8 Å². The molecule has 0 saturated heterocycles. The third-order valence-corrected chi connectivity index (χ3v) is 5.04. The Labute approximate surface area is 164 Å². The van der Waals surface area contributed by atoms with Crippen LogP contribution < -0.4 is 10.6 Å². The van der Waals surface area contributed by atoms with E-state index in [4.69, 9.17) is 12.2 Å². The molecule has 3 aromatic rings. The van der Waals surface area contributed by atoms with Gasteiger partial charge < -0.3 is 10.6 Å². The van der Waals surface area contributed by atoms with Gasteiger partial charge in [0, 0.05) is 42.3 Å². The van der Waals surface area contributed by atoms with Crippen molar-refractivity contribution in [1.29, 1.82) is 0 Å². The summed E-state index contributed by atoms with van der Waals surface area (Å²) in [5, 5.41) is 20.1. The van der Waals surface area contributed by atoms with Gasteiger partial charge in [-0.25, -0.2) is 0 Å². The van der Waals surface area contributed by atoms with Crippen LogP contribution in [0, 0.1) is 13.8 Å². The molecule has 0 radical (unpaired) electrons. The Morgan fingerprint density at radius 2 is 1.93 bits per heavy atom. The first-order chi connectivity index (χ1) is 12.9. The van der Waals surface area contributed by atoms with Gasteiger partial charge in [-0.05, 0) is 39.9 Å². The zero-order chi connectivity index (χ0) is 19.6. The average molecular weight is 387 g/mol. The van der Waals surface area contributed by atoms with Gasteiger partial charge in [0.05, 0.1) is 36.9 Å². The number of rotatable bonds is 6. The van der Waals surface area contributed by atoms with E-state index in [1.807, 2.05) is 46.6 Å². The topological polar surface area (TPSA) is 77.5 Å². The Balaban J connectivity index is 1.59. The predicted molar refractivity (Wildman–Crippen MR) is 110 cm³/mol. The molecule has 0 aliphatic rings. The summed E-state index contributed by atoms with van der Waals surface area (Å²) in [6.45, 7) is 9.82. The molecule has 3 aromatic heterocycles. The van der Waals surface area contributed by atoms with E-state index in [1.54, 1.807) is 6.20 Å². The Kier molecular flexibility index (Phi) is 5.59. The van der Waals surface area contributed by atoms with Crippen molar-refractivity contribution >= 4 is 23.0 Å². The van der Waals surface area contributed by atoms with E-state index >= 15 is 0 Å². The lowest BCUT2D eigenvalue weighted by molar-refractivity contribution is 0.633. The number of hydrogen-bond acceptors (Lipinski definition) is 4. The molecule has 2 N–H and O–H groups in total. The highest BCUT2D eigenvalue weighted by molar-refractivity contribution is 7.80. The smallest absolute Gasteiger partial charge is 0.171 e. The molecule has 0 aromatic carbocycles. The summed E-state index contributed by atoms with van der Waals surface area (Å²) in [5.41, 5.74) is 5.42. The van der Waals surface area contributed by atoms with Crippen LogP contribution >= 0.6 is 12.2 Å². The van der Waals surface area contributed by atoms with Crippen LogP contribution in [-0.4, -0.2) is 34.5 Å². The Morgan fingerprint density at radius 3 is 2.56 bits per heavy atom. The summed E-state index contributed by atoms with van der Waals surface area (Å²) >= 11 is 5.44. The molecule has 3 heterocycles. The van der Waals surface area contributed by atoms with Crippen molar-refractivity contribution in [2.75, 3.05) is 5.32 Å². The van der Waals surface area contributed by atoms with E-state index in [-0.39, 0.29) is 6.04 Å². The minimum absolute atomic E-state index is 0.0660. The van der Waals surface area contributed by atoms with Crippen molar-refractivity contribution < 1.29 is 0 Å². The quantitative estimate of drug-likeness (QED) is 0.634. The number of aromatic nitrogens is 6. The second-order valence-electron chi connectivity index (χ2n) is 6.63. The van der Waals surface area contributed by atoms with Crippen molar-refractivity contribution in [1.82, 2.24) is 34.7 Å². The number of nitrogens with one attached hydrogen (secondary N) is 2. The molecule has 8 nitrogen and oxygen atoms in total. The fraction of sp³-hybridized carbons (Fsp3) is 0.444. The normalized spacial score (nSPS) is 12.2. The monoisotopic (exact) mass is 386 g/mol. The third-order valence-electron chi connectivity index (χ3n) is 4.82. The highest BCUT2D eigenvalue weighted by atomic mass is 32.1. The largest absolute Gasteiger partial charge is 0.356 e. The van der Waals surface area contributed by atoms with Crippen LogP contribution in [0.5, 0.6) is 0 Å². The summed E-state index contributed by atoms with van der Waals surface area (Å²) in [4.78, 5) is 0. The zero-order valence-corrected chi connectivity index (χ0v) is 17.2. The molecule has 1 unspecified atom stereocenters. The molecule has 0 aliphatic heterocycles. The SMILES string of the molecule is CCn1ncc(Cn2cc(NC(=S)NC(C)c3cnn(C)c3C)cn2)c1C. The van der Waals surface area contributed by atoms with Gasteiger partial charge in [-0.3, -0.25) is 14.0 Å². The molecule has 0 saturated carbocycles. The summed E-state index contributed by atoms with van der Waals surface area (Å²) in [6, 6.07) is 0.0660. The Morgan fingerprint density at radius 1 is 1.15 bits per heavy atom. The maximum Gasteiger partial charge on any atom is 0.171 e. The molecule has 3 rings (SSSR count). The fourth-order valence-corrected chi connectivity index (χ4v) is 3.33. The van der Waals surface area contributed by atoms with Crippen LogP contribution in [0.1, 0.15) is 42.4 Å². The lowest BCUT2D eigenvalue weighted by Crippen LogP contribution is -2.31. The van der Waals surface area contributed by atoms with Gasteiger partial charge in [0.25, 0.3) is 0 Å². The van der Waals surface area contributed by atoms with Gasteiger partial charge in [-0.1, -0.05) is 0 Å². The lowest BCUT2D eigenvalue weighted by Gasteiger charge is -2.16. The number of aryl methyl sites for hydroxylation is 2. The van der Waals surface area contributed by atoms with Crippen LogP contribution in [0.25, 0.3) is 0 Å². The van der Waals surface area contributed by atoms with Crippen LogP contribution in [0.4, 0.5) is 5.69 Å². The molecule has 1 atom stereocenters. The first-order valence-electron chi connectivity index (χ1n) is 8.98. The molecule has 0 aliphatic carbocycles. The highest BCUT2D eigenvalue weighted by Crippen LogP contribution is 2.16. The molecular formula is C18H26N8S. The minimum atomic E-state index is 0.0660. The standard InChI is InChI=1S/C18H26N8S/c1-6-26-13(3)15(7-21-26)10-25-11-16(8-20-25)23-18(27)22-12(2)17-9-19-24(5)14(17)4/h7-9,11-12H,6,10H2,1-5H3,(H2,22,23,27). The molecule has 9 heteroatoms. The first-order valence-corrected chi connectivity index (χ1v) is 9.39. The van der Waals surface area contributed by atoms with Gasteiger partial charge in [-0.15, -0.1) is 0 Å². The zero-order valence-electron chi connectivity index (χ0n) is 16.4. The van der Waals surface area contributed by atoms with Crippen LogP contribution in [-0.2, 0) is 20.1 Å². The van der Waals surface area contributed by atoms with Crippen LogP contribution in [0.2, 0.25) is 0 Å². The van der Waals surface area contributed by atoms with Gasteiger partial charge in [0.15, 0.2) is 5.11 Å². The number of hydrogen-bond donors (Lipinski definition) is 2. The Hall–Kier alpha value is -2.68. The van der Waals surface area contributed by atoms with E-state index in [0.29, 0.717) is 11.7 Å². The second-order valence-corrected chi connectivity index (χ2v) is 7.03. The average Bonchev–Trinajstić information content (AvgIpc) is 3.30. The predicted octanol–water partition coefficient (Wildman–Crippen LogP) is 2.55. The maximum atomic E-state index is 5.44. The van der Waals surface area contributed by atoms with E-state index < -0.39 is 0 Å². The summed E-state index contributed by atoms with van der Waals surface area (Å²) in [6.07, 6.45) is 7.48. The lowest BCUT2D eigenvalue weighted by atomic mass is 10.1. The van der Waals surface area contributed by atoms with Crippen LogP contribution in [0.15, 0.2) is 24.8 Å². The fourth-order valence-electron chi connectivity index (χ4n) is 3.03. The van der Waals surface area contributed by atoms with Gasteiger partial charge in [0.2, 0.25) is 0 Å². The van der Waals surface area contributed by atoms with Crippen molar-refractivity contribution in [3.63, 3.8) is 0 Å². The van der Waals surface area contributed by atoms with Crippen LogP contribution in [0.3, 0.4) is 0 Å². The van der Waals surface area contributed by atoms with E-state index in [2.05, 4.69) is 46.7 Å². The van der Waals surface area contributed by atoms with E-state index in [0.717, 1.165) is 29.1 Å². The highest BCUT2D eigenvalue weighted by Gasteiger charge is 2.13. The molecule has 0 fully saturated rings. The number of thiocarbonyl (C=S) groups is 1. The minimum Gasteiger partial charge on any atom is -0.356 e. The van der Waals surface area contributed by atoms with Gasteiger partial charge in [-0.2, -0.15) is 15.3 Å². The van der Waals surface area contributed by atoms with Gasteiger partial charge >= 0.3 is 0 Å². The third kappa shape index (κ3) is 4.19. The van der Waals surface area contributed by atoms with Crippen molar-refractivity contribution in [3.05, 3.63) is 47.3 Å². The molecule has 27 heavy (non-hydrogen) atoms. The number of nitrogens with zero attached hydrogens (tertiary/aromatic N) is 6. The molecule has 0 bridgehead atoms. The van der Waals surface area contributed by atoms with E-state index in [9.17, 15) is 0 Å². The molecule has 0 amide bonds. The Bertz CT molecular complexity index is 935. The summed E-state index contributed by atoms with van der Waals surface area (Å²) in [5.74, 6) is 0. The summed E-state index contributed by atoms with van der Waals surface area (Å²) in [7, 11) is 1.93. The molecule has 0 spiro atoms. The maximum absolute atomic E-state index is 5.44. The van der Waals surface area contributed by atoms with E-state index in [1.165, 1.54) is 5.69 Å². The van der Waals surface area contributed by atoms with Crippen molar-refractivity contribution in [3.8, 4) is 0 Å². The van der Waals surface area contributed by atoms with Gasteiger partial charge in [0.1, 0.15) is 0 Å².